The van der Waals surface area contributed by atoms with E-state index in [2.05, 4.69) is 53.6 Å². The highest BCUT2D eigenvalue weighted by Crippen LogP contribution is 2.50. The van der Waals surface area contributed by atoms with Gasteiger partial charge in [0.1, 0.15) is 17.2 Å². The summed E-state index contributed by atoms with van der Waals surface area (Å²) in [6, 6.07) is 11.5. The number of aromatic amines is 1. The Morgan fingerprint density at radius 1 is 1.19 bits per heavy atom. The molecule has 1 atom stereocenters. The Balaban J connectivity index is 1.46. The molecular weight excluding hydrogens is 557 g/mol. The molecule has 1 aliphatic carbocycles. The van der Waals surface area contributed by atoms with Crippen LogP contribution in [0.2, 0.25) is 5.02 Å². The van der Waals surface area contributed by atoms with E-state index in [-0.39, 0.29) is 40.6 Å². The maximum absolute atomic E-state index is 14.5. The molecule has 1 aliphatic heterocycles. The van der Waals surface area contributed by atoms with E-state index < -0.39 is 11.5 Å². The number of carbonyl (C=O) groups excluding carboxylic acids is 2. The van der Waals surface area contributed by atoms with Crippen molar-refractivity contribution in [1.29, 1.82) is 0 Å². The van der Waals surface area contributed by atoms with E-state index in [0.717, 1.165) is 44.1 Å². The van der Waals surface area contributed by atoms with Crippen LogP contribution in [0.4, 0.5) is 4.39 Å². The number of rotatable bonds is 8. The summed E-state index contributed by atoms with van der Waals surface area (Å²) < 4.78 is 14.5. The number of tetrazole rings is 1. The highest BCUT2D eigenvalue weighted by Gasteiger charge is 2.52. The van der Waals surface area contributed by atoms with E-state index >= 15 is 0 Å². The highest BCUT2D eigenvalue weighted by molar-refractivity contribution is 6.47. The normalized spacial score (nSPS) is 21.5. The summed E-state index contributed by atoms with van der Waals surface area (Å²) in [5.74, 6) is -0.137. The molecule has 0 bridgehead atoms. The summed E-state index contributed by atoms with van der Waals surface area (Å²) in [7, 11) is 0. The van der Waals surface area contributed by atoms with Crippen molar-refractivity contribution in [2.45, 2.75) is 84.5 Å². The van der Waals surface area contributed by atoms with Gasteiger partial charge < -0.3 is 10.2 Å². The molecular formula is C31H37ClFN7O2. The summed E-state index contributed by atoms with van der Waals surface area (Å²) in [5, 5.41) is 16.3. The van der Waals surface area contributed by atoms with Crippen LogP contribution in [0, 0.1) is 17.2 Å². The first kappa shape index (κ1) is 29.8. The van der Waals surface area contributed by atoms with Crippen molar-refractivity contribution in [3.8, 4) is 0 Å². The minimum Gasteiger partial charge on any atom is -0.345 e. The number of amides is 2. The van der Waals surface area contributed by atoms with Crippen LogP contribution in [0.3, 0.4) is 0 Å². The zero-order valence-corrected chi connectivity index (χ0v) is 25.2. The molecule has 2 aliphatic rings. The molecule has 1 saturated carbocycles. The van der Waals surface area contributed by atoms with Crippen LogP contribution in [0.15, 0.2) is 47.5 Å². The number of hydrogen-bond acceptors (Lipinski definition) is 6. The molecule has 1 aromatic heterocycles. The maximum atomic E-state index is 14.5. The van der Waals surface area contributed by atoms with Gasteiger partial charge in [0.2, 0.25) is 0 Å². The third-order valence-electron chi connectivity index (χ3n) is 8.62. The molecule has 0 radical (unpaired) electrons. The lowest BCUT2D eigenvalue weighted by Gasteiger charge is -2.47. The molecule has 0 unspecified atom stereocenters. The van der Waals surface area contributed by atoms with Gasteiger partial charge >= 0.3 is 0 Å². The molecule has 11 heteroatoms. The quantitative estimate of drug-likeness (QED) is 0.331. The SMILES string of the molecule is CCC[C@H](c1ccc(C(=O)NCc2nn[nH]n2)cc1)N1C(=O)C(c2ccc(Cl)c(F)c2)=NC12CCC(C(C)(C)C)CC2. The lowest BCUT2D eigenvalue weighted by Crippen LogP contribution is -2.51. The fraction of sp³-hybridized carbons (Fsp3) is 0.484. The zero-order chi connectivity index (χ0) is 30.1. The van der Waals surface area contributed by atoms with Gasteiger partial charge in [-0.25, -0.2) is 4.39 Å². The van der Waals surface area contributed by atoms with E-state index in [1.807, 2.05) is 17.0 Å². The molecule has 1 spiro atoms. The Morgan fingerprint density at radius 3 is 2.50 bits per heavy atom. The third kappa shape index (κ3) is 5.95. The summed E-state index contributed by atoms with van der Waals surface area (Å²) >= 11 is 5.96. The van der Waals surface area contributed by atoms with Crippen molar-refractivity contribution < 1.29 is 14.0 Å². The van der Waals surface area contributed by atoms with Crippen molar-refractivity contribution >= 4 is 29.1 Å². The van der Waals surface area contributed by atoms with Crippen molar-refractivity contribution in [2.24, 2.45) is 16.3 Å². The first-order valence-electron chi connectivity index (χ1n) is 14.5. The van der Waals surface area contributed by atoms with Gasteiger partial charge in [0.25, 0.3) is 11.8 Å². The van der Waals surface area contributed by atoms with Gasteiger partial charge in [-0.2, -0.15) is 5.21 Å². The molecule has 2 aromatic carbocycles. The molecule has 2 heterocycles. The fourth-order valence-corrected chi connectivity index (χ4v) is 6.39. The second-order valence-corrected chi connectivity index (χ2v) is 12.7. The van der Waals surface area contributed by atoms with Crippen LogP contribution in [0.25, 0.3) is 0 Å². The minimum atomic E-state index is -0.718. The number of H-pyrrole nitrogens is 1. The first-order chi connectivity index (χ1) is 20.0. The summed E-state index contributed by atoms with van der Waals surface area (Å²) in [6.45, 7) is 9.03. The van der Waals surface area contributed by atoms with Crippen molar-refractivity contribution in [3.63, 3.8) is 0 Å². The number of nitrogens with one attached hydrogen (secondary N) is 2. The average molecular weight is 594 g/mol. The number of benzene rings is 2. The van der Waals surface area contributed by atoms with Crippen LogP contribution in [0.5, 0.6) is 0 Å². The molecule has 42 heavy (non-hydrogen) atoms. The molecule has 0 saturated heterocycles. The number of nitrogens with zero attached hydrogens (tertiary/aromatic N) is 5. The molecule has 2 amide bonds. The van der Waals surface area contributed by atoms with Crippen molar-refractivity contribution in [1.82, 2.24) is 30.8 Å². The second kappa shape index (κ2) is 11.9. The van der Waals surface area contributed by atoms with E-state index in [4.69, 9.17) is 16.6 Å². The monoisotopic (exact) mass is 593 g/mol. The first-order valence-corrected chi connectivity index (χ1v) is 14.9. The molecule has 2 N–H and O–H groups in total. The van der Waals surface area contributed by atoms with Crippen LogP contribution in [-0.4, -0.2) is 48.7 Å². The van der Waals surface area contributed by atoms with E-state index in [9.17, 15) is 14.0 Å². The third-order valence-corrected chi connectivity index (χ3v) is 8.93. The lowest BCUT2D eigenvalue weighted by atomic mass is 9.69. The summed E-state index contributed by atoms with van der Waals surface area (Å²) in [4.78, 5) is 34.1. The van der Waals surface area contributed by atoms with E-state index in [1.165, 1.54) is 12.1 Å². The van der Waals surface area contributed by atoms with Crippen LogP contribution < -0.4 is 5.32 Å². The zero-order valence-electron chi connectivity index (χ0n) is 24.5. The number of aromatic nitrogens is 4. The van der Waals surface area contributed by atoms with Gasteiger partial charge in [-0.15, -0.1) is 10.2 Å². The highest BCUT2D eigenvalue weighted by atomic mass is 35.5. The lowest BCUT2D eigenvalue weighted by molar-refractivity contribution is -0.133. The van der Waals surface area contributed by atoms with Crippen LogP contribution >= 0.6 is 11.6 Å². The van der Waals surface area contributed by atoms with Crippen molar-refractivity contribution in [3.05, 3.63) is 75.8 Å². The second-order valence-electron chi connectivity index (χ2n) is 12.3. The van der Waals surface area contributed by atoms with Gasteiger partial charge in [-0.05, 0) is 73.3 Å². The smallest absolute Gasteiger partial charge is 0.275 e. The van der Waals surface area contributed by atoms with Gasteiger partial charge in [-0.1, -0.05) is 69.1 Å². The van der Waals surface area contributed by atoms with Crippen LogP contribution in [-0.2, 0) is 11.3 Å². The van der Waals surface area contributed by atoms with Gasteiger partial charge in [0, 0.05) is 11.1 Å². The molecule has 9 nitrogen and oxygen atoms in total. The Labute approximate surface area is 250 Å². The molecule has 3 aromatic rings. The largest absolute Gasteiger partial charge is 0.345 e. The van der Waals surface area contributed by atoms with Gasteiger partial charge in [-0.3, -0.25) is 14.6 Å². The number of hydrogen-bond donors (Lipinski definition) is 2. The molecule has 222 valence electrons. The summed E-state index contributed by atoms with van der Waals surface area (Å²) in [6.07, 6.45) is 4.91. The predicted octanol–water partition coefficient (Wildman–Crippen LogP) is 6.03. The maximum Gasteiger partial charge on any atom is 0.275 e. The van der Waals surface area contributed by atoms with Gasteiger partial charge in [0.15, 0.2) is 5.82 Å². The van der Waals surface area contributed by atoms with Crippen molar-refractivity contribution in [2.75, 3.05) is 0 Å². The number of carbonyl (C=O) groups is 2. The fourth-order valence-electron chi connectivity index (χ4n) is 6.27. The molecule has 1 fully saturated rings. The van der Waals surface area contributed by atoms with E-state index in [0.29, 0.717) is 22.9 Å². The number of halogens is 2. The van der Waals surface area contributed by atoms with Crippen LogP contribution in [0.1, 0.15) is 99.6 Å². The Bertz CT molecular complexity index is 1460. The summed E-state index contributed by atoms with van der Waals surface area (Å²) in [5.41, 5.74) is 1.56. The van der Waals surface area contributed by atoms with Gasteiger partial charge in [0.05, 0.1) is 17.6 Å². The minimum absolute atomic E-state index is 0.00679. The Morgan fingerprint density at radius 2 is 1.90 bits per heavy atom. The predicted molar refractivity (Wildman–Crippen MR) is 158 cm³/mol. The molecule has 5 rings (SSSR count). The average Bonchev–Trinajstić information content (AvgIpc) is 3.58. The number of aliphatic imine (C=N–C) groups is 1. The Kier molecular flexibility index (Phi) is 8.46. The Hall–Kier alpha value is -3.66. The van der Waals surface area contributed by atoms with E-state index in [1.54, 1.807) is 18.2 Å². The standard InChI is InChI=1S/C31H37ClFN7O2/c1-5-6-25(19-7-9-20(10-8-19)28(41)34-18-26-36-38-39-37-26)40-29(42)27(21-11-12-23(32)24(33)17-21)35-31(40)15-13-22(14-16-31)30(2,3)4/h7-12,17,22,25H,5-6,13-16,18H2,1-4H3,(H,34,41)(H,36,37,38,39)/t22?,25-,31?/m1/s1. The topological polar surface area (TPSA) is 116 Å².